The summed E-state index contributed by atoms with van der Waals surface area (Å²) in [4.78, 5) is 70.6. The Morgan fingerprint density at radius 2 is 1.82 bits per heavy atom. The van der Waals surface area contributed by atoms with E-state index in [1.165, 1.54) is 18.6 Å². The summed E-state index contributed by atoms with van der Waals surface area (Å²) in [6, 6.07) is 7.95. The lowest BCUT2D eigenvalue weighted by Crippen LogP contribution is -2.55. The van der Waals surface area contributed by atoms with Crippen LogP contribution in [-0.4, -0.2) is 76.6 Å². The number of esters is 1. The molecule has 3 N–H and O–H groups in total. The molecule has 1 fully saturated rings. The van der Waals surface area contributed by atoms with Crippen molar-refractivity contribution >= 4 is 36.8 Å². The second-order valence-electron chi connectivity index (χ2n) is 9.76. The quantitative estimate of drug-likeness (QED) is 0.234. The predicted octanol–water partition coefficient (Wildman–Crippen LogP) is 0.726. The number of amides is 2. The van der Waals surface area contributed by atoms with Crippen molar-refractivity contribution < 1.29 is 43.1 Å². The lowest BCUT2D eigenvalue weighted by atomic mass is 9.73. The Balaban J connectivity index is 1.85. The molecule has 14 heteroatoms. The average Bonchev–Trinajstić information content (AvgIpc) is 3.22. The van der Waals surface area contributed by atoms with Gasteiger partial charge in [0.05, 0.1) is 32.1 Å². The first-order chi connectivity index (χ1) is 19.0. The van der Waals surface area contributed by atoms with Crippen LogP contribution in [0.2, 0.25) is 0 Å². The lowest BCUT2D eigenvalue weighted by Gasteiger charge is -2.26. The monoisotopic (exact) mass is 554 g/mol. The van der Waals surface area contributed by atoms with Gasteiger partial charge in [0.25, 0.3) is 5.91 Å². The first-order valence-electron chi connectivity index (χ1n) is 12.6. The summed E-state index contributed by atoms with van der Waals surface area (Å²) in [5, 5.41) is 14.9. The van der Waals surface area contributed by atoms with E-state index in [0.717, 1.165) is 12.7 Å². The van der Waals surface area contributed by atoms with Crippen LogP contribution >= 0.6 is 0 Å². The van der Waals surface area contributed by atoms with E-state index in [-0.39, 0.29) is 24.5 Å². The van der Waals surface area contributed by atoms with Gasteiger partial charge in [-0.25, -0.2) is 4.98 Å². The molecule has 1 aliphatic heterocycles. The molecule has 0 saturated carbocycles. The molecule has 1 aliphatic rings. The van der Waals surface area contributed by atoms with Gasteiger partial charge in [-0.2, -0.15) is 0 Å². The van der Waals surface area contributed by atoms with Crippen LogP contribution in [0.4, 0.5) is 0 Å². The third-order valence-electron chi connectivity index (χ3n) is 6.11. The van der Waals surface area contributed by atoms with Crippen molar-refractivity contribution in [1.82, 2.24) is 20.6 Å². The van der Waals surface area contributed by atoms with E-state index >= 15 is 0 Å². The molecular weight excluding hydrogens is 523 g/mol. The maximum atomic E-state index is 13.6. The number of rotatable bonds is 13. The first kappa shape index (κ1) is 30.2. The van der Waals surface area contributed by atoms with E-state index in [4.69, 9.17) is 9.31 Å². The number of carboxylic acids is 1. The highest BCUT2D eigenvalue weighted by molar-refractivity contribution is 6.51. The molecule has 13 nitrogen and oxygen atoms in total. The van der Waals surface area contributed by atoms with Gasteiger partial charge in [0.2, 0.25) is 5.91 Å². The van der Waals surface area contributed by atoms with Crippen molar-refractivity contribution in [2.24, 2.45) is 5.92 Å². The highest BCUT2D eigenvalue weighted by Crippen LogP contribution is 2.32. The third kappa shape index (κ3) is 8.09. The molecule has 0 aliphatic carbocycles. The van der Waals surface area contributed by atoms with Crippen molar-refractivity contribution in [2.45, 2.75) is 57.1 Å². The number of aliphatic carboxylic acids is 1. The largest absolute Gasteiger partial charge is 0.552 e. The van der Waals surface area contributed by atoms with E-state index in [1.807, 2.05) is 19.9 Å². The fourth-order valence-electron chi connectivity index (χ4n) is 4.25. The molecule has 1 aromatic carbocycles. The number of hydrogen-bond acceptors (Lipinski definition) is 10. The number of aromatic nitrogens is 2. The normalized spacial score (nSPS) is 18.0. The predicted molar refractivity (Wildman–Crippen MR) is 139 cm³/mol. The lowest BCUT2D eigenvalue weighted by molar-refractivity contribution is -0.159. The highest BCUT2D eigenvalue weighted by Gasteiger charge is 2.58. The zero-order valence-corrected chi connectivity index (χ0v) is 22.4. The van der Waals surface area contributed by atoms with Gasteiger partial charge in [0.15, 0.2) is 5.60 Å². The first-order valence-corrected chi connectivity index (χ1v) is 12.6. The van der Waals surface area contributed by atoms with Gasteiger partial charge in [0.1, 0.15) is 11.7 Å². The van der Waals surface area contributed by atoms with E-state index in [2.05, 4.69) is 25.3 Å². The molecule has 2 amide bonds. The standard InChI is InChI=1S/C26H31BN4O9/c1-16(2)11-20(27-39-25(37)26(40-27,13-21(32)33)14-22(34)38-3)31-23(35)18(12-17-7-5-4-6-8-17)30-24(36)19-15-28-9-10-29-19/h4-10,15-16,18,20H,11-14H2,1-3H3,(H,30,36)(H,31,35)(H,32,33)/t18?,20-,26?/m0/s1. The van der Waals surface area contributed by atoms with Crippen molar-refractivity contribution in [1.29, 1.82) is 0 Å². The minimum absolute atomic E-state index is 0.0152. The van der Waals surface area contributed by atoms with Crippen LogP contribution in [0.15, 0.2) is 48.9 Å². The number of ether oxygens (including phenoxy) is 1. The number of nitrogens with one attached hydrogen (secondary N) is 2. The summed E-state index contributed by atoms with van der Waals surface area (Å²) in [6.07, 6.45) is 2.90. The minimum atomic E-state index is -2.12. The molecular formula is C26H31BN4O9. The Labute approximate surface area is 231 Å². The van der Waals surface area contributed by atoms with E-state index < -0.39 is 67.3 Å². The van der Waals surface area contributed by atoms with Crippen molar-refractivity contribution in [3.63, 3.8) is 0 Å². The number of carboxylic acid groups (broad SMARTS) is 1. The van der Waals surface area contributed by atoms with Crippen LogP contribution in [0, 0.1) is 5.92 Å². The molecule has 3 atom stereocenters. The summed E-state index contributed by atoms with van der Waals surface area (Å²) >= 11 is 0. The Morgan fingerprint density at radius 1 is 1.10 bits per heavy atom. The molecule has 3 rings (SSSR count). The highest BCUT2D eigenvalue weighted by atomic mass is 16.7. The topological polar surface area (TPSA) is 183 Å². The van der Waals surface area contributed by atoms with Gasteiger partial charge >= 0.3 is 25.0 Å². The Morgan fingerprint density at radius 3 is 2.42 bits per heavy atom. The van der Waals surface area contributed by atoms with Crippen LogP contribution in [0.3, 0.4) is 0 Å². The maximum absolute atomic E-state index is 13.6. The van der Waals surface area contributed by atoms with Crippen LogP contribution in [-0.2, 0) is 39.6 Å². The summed E-state index contributed by atoms with van der Waals surface area (Å²) in [5.74, 6) is -5.48. The summed E-state index contributed by atoms with van der Waals surface area (Å²) < 4.78 is 15.8. The molecule has 212 valence electrons. The van der Waals surface area contributed by atoms with E-state index in [0.29, 0.717) is 0 Å². The van der Waals surface area contributed by atoms with Crippen LogP contribution in [0.1, 0.15) is 49.2 Å². The molecule has 2 heterocycles. The summed E-state index contributed by atoms with van der Waals surface area (Å²) in [7, 11) is -0.297. The van der Waals surface area contributed by atoms with Gasteiger partial charge < -0.3 is 29.8 Å². The van der Waals surface area contributed by atoms with E-state index in [1.54, 1.807) is 24.3 Å². The zero-order valence-electron chi connectivity index (χ0n) is 22.4. The van der Waals surface area contributed by atoms with Crippen LogP contribution in [0.25, 0.3) is 0 Å². The Hall–Kier alpha value is -4.33. The SMILES string of the molecule is COC(=O)CC1(CC(=O)O)OB([C@H](CC(C)C)NC(=O)C(Cc2ccccc2)NC(=O)c2cnccn2)OC1=O. The minimum Gasteiger partial charge on any atom is -0.506 e. The fraction of sp³-hybridized carbons (Fsp3) is 0.423. The smallest absolute Gasteiger partial charge is 0.506 e. The maximum Gasteiger partial charge on any atom is 0.552 e. The number of methoxy groups -OCH3 is 1. The Kier molecular flexibility index (Phi) is 10.3. The number of carbonyl (C=O) groups is 5. The fourth-order valence-corrected chi connectivity index (χ4v) is 4.25. The number of benzene rings is 1. The zero-order chi connectivity index (χ0) is 29.3. The van der Waals surface area contributed by atoms with E-state index in [9.17, 15) is 29.1 Å². The van der Waals surface area contributed by atoms with Crippen molar-refractivity contribution in [3.8, 4) is 0 Å². The van der Waals surface area contributed by atoms with Gasteiger partial charge in [-0.3, -0.25) is 29.0 Å². The molecule has 1 aromatic heterocycles. The molecule has 0 bridgehead atoms. The molecule has 1 saturated heterocycles. The average molecular weight is 554 g/mol. The summed E-state index contributed by atoms with van der Waals surface area (Å²) in [5.41, 5.74) is -1.33. The molecule has 0 spiro atoms. The molecule has 2 aromatic rings. The van der Waals surface area contributed by atoms with Gasteiger partial charge in [-0.15, -0.1) is 0 Å². The third-order valence-corrected chi connectivity index (χ3v) is 6.11. The number of hydrogen-bond donors (Lipinski definition) is 3. The van der Waals surface area contributed by atoms with Gasteiger partial charge in [-0.05, 0) is 17.9 Å². The summed E-state index contributed by atoms with van der Waals surface area (Å²) in [6.45, 7) is 3.73. The molecule has 0 radical (unpaired) electrons. The molecule has 2 unspecified atom stereocenters. The van der Waals surface area contributed by atoms with Crippen molar-refractivity contribution in [2.75, 3.05) is 7.11 Å². The van der Waals surface area contributed by atoms with Crippen molar-refractivity contribution in [3.05, 3.63) is 60.2 Å². The second kappa shape index (κ2) is 13.6. The van der Waals surface area contributed by atoms with Gasteiger partial charge in [0, 0.05) is 18.8 Å². The number of nitrogens with zero attached hydrogens (tertiary/aromatic N) is 2. The second-order valence-corrected chi connectivity index (χ2v) is 9.76. The molecule has 40 heavy (non-hydrogen) atoms. The Bertz CT molecular complexity index is 1220. The van der Waals surface area contributed by atoms with Gasteiger partial charge in [-0.1, -0.05) is 44.2 Å². The van der Waals surface area contributed by atoms with Crippen LogP contribution < -0.4 is 10.6 Å². The number of carbonyl (C=O) groups excluding carboxylic acids is 4. The van der Waals surface area contributed by atoms with Crippen LogP contribution in [0.5, 0.6) is 0 Å².